The first kappa shape index (κ1) is 14.5. The van der Waals surface area contributed by atoms with Crippen molar-refractivity contribution >= 4 is 11.8 Å². The number of fused-ring (bicyclic) bond motifs is 1. The summed E-state index contributed by atoms with van der Waals surface area (Å²) in [4.78, 5) is 1.37. The monoisotopic (exact) mass is 299 g/mol. The van der Waals surface area contributed by atoms with Crippen LogP contribution in [0.2, 0.25) is 0 Å². The van der Waals surface area contributed by atoms with Crippen LogP contribution in [0.5, 0.6) is 5.75 Å². The molecule has 0 amide bonds. The maximum absolute atomic E-state index is 6.55. The third-order valence-electron chi connectivity index (χ3n) is 3.79. The van der Waals surface area contributed by atoms with Crippen LogP contribution in [0.25, 0.3) is 0 Å². The summed E-state index contributed by atoms with van der Waals surface area (Å²) in [6.45, 7) is 4.08. The van der Waals surface area contributed by atoms with Crippen LogP contribution in [-0.4, -0.2) is 11.9 Å². The van der Waals surface area contributed by atoms with Gasteiger partial charge in [0, 0.05) is 22.6 Å². The Bertz CT molecular complexity index is 626. The molecule has 2 unspecified atom stereocenters. The van der Waals surface area contributed by atoms with E-state index in [9.17, 15) is 0 Å². The van der Waals surface area contributed by atoms with Crippen LogP contribution in [-0.2, 0) is 0 Å². The van der Waals surface area contributed by atoms with Gasteiger partial charge >= 0.3 is 0 Å². The molecular weight excluding hydrogens is 278 g/mol. The minimum atomic E-state index is 0.0110. The Morgan fingerprint density at radius 1 is 1.14 bits per heavy atom. The summed E-state index contributed by atoms with van der Waals surface area (Å²) >= 11 is 1.90. The molecule has 0 saturated carbocycles. The fourth-order valence-electron chi connectivity index (χ4n) is 2.78. The van der Waals surface area contributed by atoms with Crippen LogP contribution in [0.1, 0.15) is 36.9 Å². The van der Waals surface area contributed by atoms with E-state index in [0.29, 0.717) is 5.92 Å². The van der Waals surface area contributed by atoms with E-state index >= 15 is 0 Å². The SMILES string of the molecule is CC(C)Oc1cccc(C(N)C2CSc3ccccc32)c1. The van der Waals surface area contributed by atoms with Crippen LogP contribution in [0.3, 0.4) is 0 Å². The van der Waals surface area contributed by atoms with Crippen molar-refractivity contribution in [3.8, 4) is 5.75 Å². The summed E-state index contributed by atoms with van der Waals surface area (Å²) in [5.74, 6) is 2.33. The van der Waals surface area contributed by atoms with Gasteiger partial charge in [0.25, 0.3) is 0 Å². The quantitative estimate of drug-likeness (QED) is 0.911. The van der Waals surface area contributed by atoms with E-state index < -0.39 is 0 Å². The second kappa shape index (κ2) is 6.12. The first-order chi connectivity index (χ1) is 10.1. The summed E-state index contributed by atoms with van der Waals surface area (Å²) in [6, 6.07) is 16.8. The van der Waals surface area contributed by atoms with Gasteiger partial charge in [0.15, 0.2) is 0 Å². The molecule has 2 aromatic carbocycles. The molecule has 1 aliphatic heterocycles. The predicted octanol–water partition coefficient (Wildman–Crippen LogP) is 4.36. The lowest BCUT2D eigenvalue weighted by Gasteiger charge is -2.21. The van der Waals surface area contributed by atoms with Crippen LogP contribution >= 0.6 is 11.8 Å². The molecule has 0 spiro atoms. The summed E-state index contributed by atoms with van der Waals surface area (Å²) < 4.78 is 5.78. The second-order valence-corrected chi connectivity index (χ2v) is 6.78. The second-order valence-electron chi connectivity index (χ2n) is 5.72. The highest BCUT2D eigenvalue weighted by atomic mass is 32.2. The lowest BCUT2D eigenvalue weighted by molar-refractivity contribution is 0.242. The van der Waals surface area contributed by atoms with Gasteiger partial charge in [-0.1, -0.05) is 30.3 Å². The number of thioether (sulfide) groups is 1. The van der Waals surface area contributed by atoms with Crippen molar-refractivity contribution < 1.29 is 4.74 Å². The number of rotatable bonds is 4. The first-order valence-electron chi connectivity index (χ1n) is 7.39. The van der Waals surface area contributed by atoms with Gasteiger partial charge < -0.3 is 10.5 Å². The van der Waals surface area contributed by atoms with Crippen molar-refractivity contribution in [1.82, 2.24) is 0 Å². The zero-order valence-corrected chi connectivity index (χ0v) is 13.3. The Morgan fingerprint density at radius 3 is 2.76 bits per heavy atom. The maximum Gasteiger partial charge on any atom is 0.120 e. The lowest BCUT2D eigenvalue weighted by Crippen LogP contribution is -2.20. The Hall–Kier alpha value is -1.45. The van der Waals surface area contributed by atoms with Gasteiger partial charge in [-0.25, -0.2) is 0 Å². The molecule has 0 radical (unpaired) electrons. The topological polar surface area (TPSA) is 35.2 Å². The Balaban J connectivity index is 1.84. The van der Waals surface area contributed by atoms with E-state index in [1.165, 1.54) is 10.5 Å². The molecule has 2 aromatic rings. The maximum atomic E-state index is 6.55. The molecule has 1 aliphatic rings. The van der Waals surface area contributed by atoms with Crippen molar-refractivity contribution in [1.29, 1.82) is 0 Å². The largest absolute Gasteiger partial charge is 0.491 e. The van der Waals surface area contributed by atoms with E-state index in [-0.39, 0.29) is 12.1 Å². The van der Waals surface area contributed by atoms with Crippen LogP contribution in [0.15, 0.2) is 53.4 Å². The molecule has 0 fully saturated rings. The van der Waals surface area contributed by atoms with Gasteiger partial charge in [-0.05, 0) is 43.2 Å². The summed E-state index contributed by atoms with van der Waals surface area (Å²) in [6.07, 6.45) is 0.180. The van der Waals surface area contributed by atoms with Crippen LogP contribution < -0.4 is 10.5 Å². The third-order valence-corrected chi connectivity index (χ3v) is 4.99. The Morgan fingerprint density at radius 2 is 1.95 bits per heavy atom. The molecule has 3 rings (SSSR count). The van der Waals surface area contributed by atoms with Crippen molar-refractivity contribution in [2.75, 3.05) is 5.75 Å². The number of hydrogen-bond acceptors (Lipinski definition) is 3. The number of benzene rings is 2. The van der Waals surface area contributed by atoms with E-state index in [2.05, 4.69) is 36.4 Å². The zero-order valence-electron chi connectivity index (χ0n) is 12.5. The average molecular weight is 299 g/mol. The van der Waals surface area contributed by atoms with E-state index in [4.69, 9.17) is 10.5 Å². The highest BCUT2D eigenvalue weighted by Gasteiger charge is 2.29. The fraction of sp³-hybridized carbons (Fsp3) is 0.333. The van der Waals surface area contributed by atoms with Gasteiger partial charge in [0.05, 0.1) is 6.10 Å². The number of hydrogen-bond donors (Lipinski definition) is 1. The smallest absolute Gasteiger partial charge is 0.120 e. The van der Waals surface area contributed by atoms with Gasteiger partial charge in [0.1, 0.15) is 5.75 Å². The Labute approximate surface area is 130 Å². The molecule has 110 valence electrons. The number of ether oxygens (including phenoxy) is 1. The molecule has 1 heterocycles. The van der Waals surface area contributed by atoms with Gasteiger partial charge in [0.2, 0.25) is 0 Å². The standard InChI is InChI=1S/C18H21NOS/c1-12(2)20-14-7-5-6-13(10-14)18(19)16-11-21-17-9-4-3-8-15(16)17/h3-10,12,16,18H,11,19H2,1-2H3. The predicted molar refractivity (Wildman–Crippen MR) is 89.0 cm³/mol. The molecule has 0 bridgehead atoms. The Kier molecular flexibility index (Phi) is 4.22. The van der Waals surface area contributed by atoms with Crippen molar-refractivity contribution in [3.63, 3.8) is 0 Å². The summed E-state index contributed by atoms with van der Waals surface area (Å²) in [7, 11) is 0. The van der Waals surface area contributed by atoms with Crippen molar-refractivity contribution in [3.05, 3.63) is 59.7 Å². The highest BCUT2D eigenvalue weighted by molar-refractivity contribution is 7.99. The van der Waals surface area contributed by atoms with Crippen molar-refractivity contribution in [2.24, 2.45) is 5.73 Å². The molecule has 2 atom stereocenters. The molecule has 0 aromatic heterocycles. The molecule has 2 nitrogen and oxygen atoms in total. The molecule has 2 N–H and O–H groups in total. The minimum Gasteiger partial charge on any atom is -0.491 e. The van der Waals surface area contributed by atoms with Gasteiger partial charge in [-0.3, -0.25) is 0 Å². The first-order valence-corrected chi connectivity index (χ1v) is 8.37. The van der Waals surface area contributed by atoms with Crippen molar-refractivity contribution in [2.45, 2.75) is 36.8 Å². The molecule has 0 saturated heterocycles. The fourth-order valence-corrected chi connectivity index (χ4v) is 4.09. The van der Waals surface area contributed by atoms with Gasteiger partial charge in [-0.15, -0.1) is 11.8 Å². The third kappa shape index (κ3) is 3.09. The molecule has 21 heavy (non-hydrogen) atoms. The minimum absolute atomic E-state index is 0.0110. The normalized spacial score (nSPS) is 18.6. The summed E-state index contributed by atoms with van der Waals surface area (Å²) in [5, 5.41) is 0. The number of nitrogens with two attached hydrogens (primary N) is 1. The van der Waals surface area contributed by atoms with Crippen LogP contribution in [0, 0.1) is 0 Å². The lowest BCUT2D eigenvalue weighted by atomic mass is 9.89. The summed E-state index contributed by atoms with van der Waals surface area (Å²) in [5.41, 5.74) is 9.07. The van der Waals surface area contributed by atoms with Gasteiger partial charge in [-0.2, -0.15) is 0 Å². The van der Waals surface area contributed by atoms with E-state index in [1.54, 1.807) is 0 Å². The molecule has 0 aliphatic carbocycles. The average Bonchev–Trinajstić information content (AvgIpc) is 2.90. The highest BCUT2D eigenvalue weighted by Crippen LogP contribution is 2.44. The van der Waals surface area contributed by atoms with Crippen LogP contribution in [0.4, 0.5) is 0 Å². The zero-order chi connectivity index (χ0) is 14.8. The molecular formula is C18H21NOS. The molecule has 3 heteroatoms. The van der Waals surface area contributed by atoms with E-state index in [0.717, 1.165) is 17.1 Å². The van der Waals surface area contributed by atoms with E-state index in [1.807, 2.05) is 37.7 Å².